The molecule has 0 N–H and O–H groups in total. The van der Waals surface area contributed by atoms with Crippen LogP contribution in [0.4, 0.5) is 15.8 Å². The smallest absolute Gasteiger partial charge is 0.272 e. The van der Waals surface area contributed by atoms with Crippen molar-refractivity contribution >= 4 is 40.3 Å². The van der Waals surface area contributed by atoms with Gasteiger partial charge in [-0.05, 0) is 42.5 Å². The summed E-state index contributed by atoms with van der Waals surface area (Å²) < 4.78 is 13.8. The lowest BCUT2D eigenvalue weighted by atomic mass is 10.1. The van der Waals surface area contributed by atoms with E-state index in [1.54, 1.807) is 44.3 Å². The molecule has 1 aliphatic heterocycles. The minimum absolute atomic E-state index is 0.0107. The molecular weight excluding hydrogens is 357 g/mol. The Morgan fingerprint density at radius 2 is 2.00 bits per heavy atom. The molecule has 0 atom stereocenters. The minimum Gasteiger partial charge on any atom is -0.290 e. The molecule has 3 rings (SSSR count). The van der Waals surface area contributed by atoms with Crippen LogP contribution in [0.1, 0.15) is 11.1 Å². The largest absolute Gasteiger partial charge is 0.290 e. The van der Waals surface area contributed by atoms with Gasteiger partial charge in [-0.2, -0.15) is 0 Å². The molecule has 0 unspecified atom stereocenters. The molecular formula is C18H14FN3O3S. The van der Waals surface area contributed by atoms with Crippen molar-refractivity contribution < 1.29 is 14.1 Å². The fourth-order valence-corrected chi connectivity index (χ4v) is 3.34. The molecule has 0 aliphatic carbocycles. The van der Waals surface area contributed by atoms with Gasteiger partial charge in [-0.15, -0.1) is 0 Å². The second-order valence-corrected chi connectivity index (χ2v) is 6.63. The van der Waals surface area contributed by atoms with Gasteiger partial charge in [0.15, 0.2) is 5.17 Å². The summed E-state index contributed by atoms with van der Waals surface area (Å²) in [6.45, 7) is 1.65. The SMILES string of the molecule is Cc1ccc(/C=C2/SC(=Nc3ccccc3F)N(C)C2=O)cc1[N+](=O)[O-]. The monoisotopic (exact) mass is 371 g/mol. The van der Waals surface area contributed by atoms with Crippen molar-refractivity contribution in [3.8, 4) is 0 Å². The molecule has 1 aliphatic rings. The standard InChI is InChI=1S/C18H14FN3O3S/c1-11-7-8-12(9-15(11)22(24)25)10-16-17(23)21(2)18(26-16)20-14-6-4-3-5-13(14)19/h3-10H,1-2H3/b16-10+,20-18?. The average Bonchev–Trinajstić information content (AvgIpc) is 2.86. The third-order valence-electron chi connectivity index (χ3n) is 3.80. The number of nitro benzene ring substituents is 1. The van der Waals surface area contributed by atoms with Crippen molar-refractivity contribution in [1.82, 2.24) is 4.90 Å². The van der Waals surface area contributed by atoms with Crippen LogP contribution < -0.4 is 0 Å². The summed E-state index contributed by atoms with van der Waals surface area (Å²) in [5.74, 6) is -0.777. The van der Waals surface area contributed by atoms with Crippen molar-refractivity contribution in [2.75, 3.05) is 7.05 Å². The molecule has 0 bridgehead atoms. The number of carbonyl (C=O) groups excluding carboxylic acids is 1. The number of rotatable bonds is 3. The first-order valence-corrected chi connectivity index (χ1v) is 8.44. The van der Waals surface area contributed by atoms with Crippen LogP contribution in [0.15, 0.2) is 52.4 Å². The molecule has 2 aromatic carbocycles. The van der Waals surface area contributed by atoms with Crippen LogP contribution in [-0.4, -0.2) is 27.9 Å². The summed E-state index contributed by atoms with van der Waals surface area (Å²) >= 11 is 1.09. The Bertz CT molecular complexity index is 972. The quantitative estimate of drug-likeness (QED) is 0.458. The molecule has 0 spiro atoms. The number of aliphatic imine (C=N–C) groups is 1. The van der Waals surface area contributed by atoms with E-state index in [1.165, 1.54) is 23.1 Å². The molecule has 0 radical (unpaired) electrons. The zero-order valence-corrected chi connectivity index (χ0v) is 14.8. The summed E-state index contributed by atoms with van der Waals surface area (Å²) in [5.41, 5.74) is 1.21. The van der Waals surface area contributed by atoms with E-state index in [0.29, 0.717) is 21.2 Å². The van der Waals surface area contributed by atoms with E-state index < -0.39 is 10.7 Å². The lowest BCUT2D eigenvalue weighted by Gasteiger charge is -2.07. The predicted molar refractivity (Wildman–Crippen MR) is 99.7 cm³/mol. The first kappa shape index (κ1) is 17.8. The number of nitro groups is 1. The third-order valence-corrected chi connectivity index (χ3v) is 4.86. The lowest BCUT2D eigenvalue weighted by Crippen LogP contribution is -2.23. The zero-order chi connectivity index (χ0) is 18.8. The number of para-hydroxylation sites is 1. The van der Waals surface area contributed by atoms with E-state index in [0.717, 1.165) is 11.8 Å². The number of likely N-dealkylation sites (N-methyl/N-ethyl adjacent to an activating group) is 1. The number of nitrogens with zero attached hydrogens (tertiary/aromatic N) is 3. The van der Waals surface area contributed by atoms with Crippen LogP contribution in [0.5, 0.6) is 0 Å². The highest BCUT2D eigenvalue weighted by Crippen LogP contribution is 2.34. The molecule has 1 heterocycles. The highest BCUT2D eigenvalue weighted by Gasteiger charge is 2.30. The van der Waals surface area contributed by atoms with Gasteiger partial charge >= 0.3 is 0 Å². The number of amides is 1. The summed E-state index contributed by atoms with van der Waals surface area (Å²) in [6.07, 6.45) is 1.57. The Labute approximate surface area is 153 Å². The highest BCUT2D eigenvalue weighted by atomic mass is 32.2. The molecule has 1 amide bonds. The van der Waals surface area contributed by atoms with Crippen LogP contribution in [0.2, 0.25) is 0 Å². The molecule has 26 heavy (non-hydrogen) atoms. The van der Waals surface area contributed by atoms with Gasteiger partial charge in [0, 0.05) is 18.7 Å². The van der Waals surface area contributed by atoms with Crippen molar-refractivity contribution in [1.29, 1.82) is 0 Å². The maximum atomic E-state index is 13.8. The van der Waals surface area contributed by atoms with Crippen molar-refractivity contribution in [2.45, 2.75) is 6.92 Å². The van der Waals surface area contributed by atoms with Crippen molar-refractivity contribution in [3.63, 3.8) is 0 Å². The number of hydrogen-bond acceptors (Lipinski definition) is 5. The van der Waals surface area contributed by atoms with E-state index in [-0.39, 0.29) is 17.3 Å². The van der Waals surface area contributed by atoms with Gasteiger partial charge in [0.1, 0.15) is 11.5 Å². The second-order valence-electron chi connectivity index (χ2n) is 5.62. The van der Waals surface area contributed by atoms with Crippen LogP contribution in [0.3, 0.4) is 0 Å². The first-order valence-electron chi connectivity index (χ1n) is 7.62. The molecule has 6 nitrogen and oxygen atoms in total. The Hall–Kier alpha value is -3.00. The van der Waals surface area contributed by atoms with E-state index in [9.17, 15) is 19.3 Å². The highest BCUT2D eigenvalue weighted by molar-refractivity contribution is 8.18. The lowest BCUT2D eigenvalue weighted by molar-refractivity contribution is -0.385. The van der Waals surface area contributed by atoms with Crippen LogP contribution in [0, 0.1) is 22.9 Å². The predicted octanol–water partition coefficient (Wildman–Crippen LogP) is 4.28. The third kappa shape index (κ3) is 3.50. The number of benzene rings is 2. The van der Waals surface area contributed by atoms with Crippen molar-refractivity contribution in [2.24, 2.45) is 4.99 Å². The molecule has 1 fully saturated rings. The maximum absolute atomic E-state index is 13.8. The molecule has 2 aromatic rings. The number of halogens is 1. The molecule has 132 valence electrons. The minimum atomic E-state index is -0.479. The summed E-state index contributed by atoms with van der Waals surface area (Å²) in [5, 5.41) is 11.4. The van der Waals surface area contributed by atoms with Gasteiger partial charge < -0.3 is 0 Å². The fraction of sp³-hybridized carbons (Fsp3) is 0.111. The van der Waals surface area contributed by atoms with Gasteiger partial charge in [0.2, 0.25) is 0 Å². The van der Waals surface area contributed by atoms with Crippen LogP contribution in [-0.2, 0) is 4.79 Å². The van der Waals surface area contributed by atoms with Gasteiger partial charge in [-0.25, -0.2) is 9.38 Å². The second kappa shape index (κ2) is 7.09. The topological polar surface area (TPSA) is 75.8 Å². The Balaban J connectivity index is 1.94. The number of thioether (sulfide) groups is 1. The van der Waals surface area contributed by atoms with E-state index in [1.807, 2.05) is 0 Å². The average molecular weight is 371 g/mol. The number of carbonyl (C=O) groups is 1. The Morgan fingerprint density at radius 1 is 1.27 bits per heavy atom. The van der Waals surface area contributed by atoms with Gasteiger partial charge in [0.05, 0.1) is 9.83 Å². The summed E-state index contributed by atoms with van der Waals surface area (Å²) in [4.78, 5) is 28.9. The number of aryl methyl sites for hydroxylation is 1. The molecule has 0 saturated carbocycles. The van der Waals surface area contributed by atoms with Gasteiger partial charge in [-0.1, -0.05) is 24.3 Å². The van der Waals surface area contributed by atoms with E-state index >= 15 is 0 Å². The zero-order valence-electron chi connectivity index (χ0n) is 14.0. The number of hydrogen-bond donors (Lipinski definition) is 0. The van der Waals surface area contributed by atoms with E-state index in [2.05, 4.69) is 4.99 Å². The maximum Gasteiger partial charge on any atom is 0.272 e. The Morgan fingerprint density at radius 3 is 2.69 bits per heavy atom. The van der Waals surface area contributed by atoms with E-state index in [4.69, 9.17) is 0 Å². The van der Waals surface area contributed by atoms with Gasteiger partial charge in [-0.3, -0.25) is 19.8 Å². The van der Waals surface area contributed by atoms with Crippen LogP contribution in [0.25, 0.3) is 6.08 Å². The normalized spacial score (nSPS) is 17.3. The molecule has 1 saturated heterocycles. The summed E-state index contributed by atoms with van der Waals surface area (Å²) in [6, 6.07) is 10.8. The van der Waals surface area contributed by atoms with Crippen molar-refractivity contribution in [3.05, 3.63) is 74.4 Å². The van der Waals surface area contributed by atoms with Gasteiger partial charge in [0.25, 0.3) is 11.6 Å². The first-order chi connectivity index (χ1) is 12.4. The number of amidine groups is 1. The molecule has 0 aromatic heterocycles. The fourth-order valence-electron chi connectivity index (χ4n) is 2.36. The summed E-state index contributed by atoms with van der Waals surface area (Å²) in [7, 11) is 1.55. The Kier molecular flexibility index (Phi) is 4.85. The van der Waals surface area contributed by atoms with Crippen LogP contribution >= 0.6 is 11.8 Å². The molecule has 8 heteroatoms.